The number of phosphoric acid groups is 1. The molecule has 11 heavy (non-hydrogen) atoms. The zero-order chi connectivity index (χ0) is 8.32. The van der Waals surface area contributed by atoms with Crippen LogP contribution >= 0.6 is 7.82 Å². The first-order chi connectivity index (χ1) is 5.14. The third-order valence-corrected chi connectivity index (χ3v) is 2.59. The Morgan fingerprint density at radius 1 is 1.55 bits per heavy atom. The van der Waals surface area contributed by atoms with Gasteiger partial charge in [0.1, 0.15) is 0 Å². The lowest BCUT2D eigenvalue weighted by molar-refractivity contribution is 0.0547. The third-order valence-electron chi connectivity index (χ3n) is 1.64. The minimum absolute atomic E-state index is 0.286. The van der Waals surface area contributed by atoms with E-state index in [1.165, 1.54) is 0 Å². The highest BCUT2D eigenvalue weighted by Gasteiger charge is 2.29. The molecular weight excluding hydrogens is 167 g/mol. The van der Waals surface area contributed by atoms with Gasteiger partial charge in [-0.15, -0.1) is 0 Å². The molecule has 66 valence electrons. The van der Waals surface area contributed by atoms with Crippen molar-refractivity contribution in [1.29, 1.82) is 0 Å². The molecule has 1 fully saturated rings. The van der Waals surface area contributed by atoms with Gasteiger partial charge in [-0.2, -0.15) is 0 Å². The molecule has 1 aliphatic rings. The summed E-state index contributed by atoms with van der Waals surface area (Å²) >= 11 is 0. The smallest absolute Gasteiger partial charge is 0.302 e. The average molecular weight is 180 g/mol. The monoisotopic (exact) mass is 180 g/mol. The molecule has 0 unspecified atom stereocenters. The molecule has 0 amide bonds. The second-order valence-corrected chi connectivity index (χ2v) is 4.17. The van der Waals surface area contributed by atoms with E-state index in [0.717, 1.165) is 12.8 Å². The zero-order valence-corrected chi connectivity index (χ0v) is 7.42. The fourth-order valence-corrected chi connectivity index (χ4v) is 1.93. The molecule has 1 N–H and O–H groups in total. The Kier molecular flexibility index (Phi) is 3.07. The van der Waals surface area contributed by atoms with E-state index >= 15 is 0 Å². The SMILES string of the molecule is CCCC1COP(=O)(O)OC1. The van der Waals surface area contributed by atoms with E-state index in [-0.39, 0.29) is 5.92 Å². The fourth-order valence-electron chi connectivity index (χ4n) is 1.06. The van der Waals surface area contributed by atoms with E-state index in [9.17, 15) is 4.57 Å². The van der Waals surface area contributed by atoms with E-state index in [1.807, 2.05) is 0 Å². The molecule has 0 bridgehead atoms. The predicted molar refractivity (Wildman–Crippen MR) is 40.1 cm³/mol. The Labute approximate surface area is 66.1 Å². The van der Waals surface area contributed by atoms with Gasteiger partial charge < -0.3 is 4.89 Å². The molecular formula is C6H13O4P. The van der Waals surface area contributed by atoms with E-state index in [0.29, 0.717) is 13.2 Å². The molecule has 4 nitrogen and oxygen atoms in total. The zero-order valence-electron chi connectivity index (χ0n) is 6.52. The molecule has 0 saturated carbocycles. The Hall–Kier alpha value is 0.110. The van der Waals surface area contributed by atoms with Crippen LogP contribution in [0.25, 0.3) is 0 Å². The number of hydrogen-bond acceptors (Lipinski definition) is 3. The molecule has 0 spiro atoms. The van der Waals surface area contributed by atoms with E-state index < -0.39 is 7.82 Å². The number of rotatable bonds is 2. The van der Waals surface area contributed by atoms with Crippen LogP contribution in [0.5, 0.6) is 0 Å². The summed E-state index contributed by atoms with van der Waals surface area (Å²) in [5.74, 6) is 0.286. The summed E-state index contributed by atoms with van der Waals surface area (Å²) in [6.45, 7) is 2.76. The van der Waals surface area contributed by atoms with Gasteiger partial charge in [-0.25, -0.2) is 4.57 Å². The van der Waals surface area contributed by atoms with Crippen LogP contribution in [0.15, 0.2) is 0 Å². The first-order valence-electron chi connectivity index (χ1n) is 3.76. The molecule has 1 heterocycles. The molecule has 0 aromatic carbocycles. The summed E-state index contributed by atoms with van der Waals surface area (Å²) in [4.78, 5) is 8.77. The highest BCUT2D eigenvalue weighted by atomic mass is 31.2. The maximum atomic E-state index is 10.7. The first kappa shape index (κ1) is 9.20. The maximum Gasteiger partial charge on any atom is 0.472 e. The van der Waals surface area contributed by atoms with Crippen molar-refractivity contribution in [2.75, 3.05) is 13.2 Å². The van der Waals surface area contributed by atoms with Crippen molar-refractivity contribution >= 4 is 7.82 Å². The van der Waals surface area contributed by atoms with Crippen molar-refractivity contribution < 1.29 is 18.5 Å². The van der Waals surface area contributed by atoms with E-state index in [1.54, 1.807) is 0 Å². The summed E-state index contributed by atoms with van der Waals surface area (Å²) in [5.41, 5.74) is 0. The molecule has 0 atom stereocenters. The Balaban J connectivity index is 2.30. The Morgan fingerprint density at radius 3 is 2.55 bits per heavy atom. The summed E-state index contributed by atoms with van der Waals surface area (Å²) in [5, 5.41) is 0. The lowest BCUT2D eigenvalue weighted by Gasteiger charge is -2.24. The van der Waals surface area contributed by atoms with E-state index in [4.69, 9.17) is 4.89 Å². The van der Waals surface area contributed by atoms with Crippen LogP contribution in [0, 0.1) is 5.92 Å². The Bertz CT molecular complexity index is 158. The highest BCUT2D eigenvalue weighted by Crippen LogP contribution is 2.47. The van der Waals surface area contributed by atoms with Gasteiger partial charge in [-0.1, -0.05) is 13.3 Å². The normalized spacial score (nSPS) is 38.9. The third kappa shape index (κ3) is 2.91. The van der Waals surface area contributed by atoms with Crippen molar-refractivity contribution in [1.82, 2.24) is 0 Å². The largest absolute Gasteiger partial charge is 0.472 e. The van der Waals surface area contributed by atoms with Crippen molar-refractivity contribution in [2.45, 2.75) is 19.8 Å². The predicted octanol–water partition coefficient (Wildman–Crippen LogP) is 1.55. The minimum atomic E-state index is -3.65. The van der Waals surface area contributed by atoms with Gasteiger partial charge in [0, 0.05) is 5.92 Å². The summed E-state index contributed by atoms with van der Waals surface area (Å²) in [6, 6.07) is 0. The number of phosphoric ester groups is 1. The van der Waals surface area contributed by atoms with Crippen molar-refractivity contribution in [3.8, 4) is 0 Å². The maximum absolute atomic E-state index is 10.7. The Morgan fingerprint density at radius 2 is 2.09 bits per heavy atom. The van der Waals surface area contributed by atoms with Crippen molar-refractivity contribution in [3.05, 3.63) is 0 Å². The summed E-state index contributed by atoms with van der Waals surface area (Å²) in [7, 11) is -3.65. The average Bonchev–Trinajstić information content (AvgIpc) is 1.94. The van der Waals surface area contributed by atoms with Crippen LogP contribution in [0.3, 0.4) is 0 Å². The molecule has 0 aliphatic carbocycles. The molecule has 0 aromatic rings. The van der Waals surface area contributed by atoms with Gasteiger partial charge in [0.05, 0.1) is 13.2 Å². The van der Waals surface area contributed by atoms with Gasteiger partial charge >= 0.3 is 7.82 Å². The van der Waals surface area contributed by atoms with Gasteiger partial charge in [0.15, 0.2) is 0 Å². The highest BCUT2D eigenvalue weighted by molar-refractivity contribution is 7.47. The number of hydrogen-bond donors (Lipinski definition) is 1. The quantitative estimate of drug-likeness (QED) is 0.655. The lowest BCUT2D eigenvalue weighted by atomic mass is 10.1. The lowest BCUT2D eigenvalue weighted by Crippen LogP contribution is -2.20. The second-order valence-electron chi connectivity index (χ2n) is 2.71. The molecule has 0 aromatic heterocycles. The van der Waals surface area contributed by atoms with Gasteiger partial charge in [-0.05, 0) is 6.42 Å². The fraction of sp³-hybridized carbons (Fsp3) is 1.00. The van der Waals surface area contributed by atoms with E-state index in [2.05, 4.69) is 16.0 Å². The van der Waals surface area contributed by atoms with Gasteiger partial charge in [0.2, 0.25) is 0 Å². The van der Waals surface area contributed by atoms with Crippen LogP contribution < -0.4 is 0 Å². The minimum Gasteiger partial charge on any atom is -0.302 e. The van der Waals surface area contributed by atoms with Crippen LogP contribution in [-0.4, -0.2) is 18.1 Å². The topological polar surface area (TPSA) is 55.8 Å². The van der Waals surface area contributed by atoms with Crippen LogP contribution in [-0.2, 0) is 13.6 Å². The molecule has 1 rings (SSSR count). The summed E-state index contributed by atoms with van der Waals surface area (Å²) in [6.07, 6.45) is 2.03. The summed E-state index contributed by atoms with van der Waals surface area (Å²) < 4.78 is 19.9. The standard InChI is InChI=1S/C6H13O4P/c1-2-3-6-4-9-11(7,8)10-5-6/h6H,2-5H2,1H3,(H,7,8). The molecule has 5 heteroatoms. The first-order valence-corrected chi connectivity index (χ1v) is 5.25. The molecule has 1 aliphatic heterocycles. The van der Waals surface area contributed by atoms with Gasteiger partial charge in [0.25, 0.3) is 0 Å². The van der Waals surface area contributed by atoms with Crippen molar-refractivity contribution in [3.63, 3.8) is 0 Å². The molecule has 1 saturated heterocycles. The molecule has 0 radical (unpaired) electrons. The van der Waals surface area contributed by atoms with Crippen molar-refractivity contribution in [2.24, 2.45) is 5.92 Å². The van der Waals surface area contributed by atoms with Crippen LogP contribution in [0.2, 0.25) is 0 Å². The van der Waals surface area contributed by atoms with Crippen LogP contribution in [0.4, 0.5) is 0 Å². The second kappa shape index (κ2) is 3.68. The van der Waals surface area contributed by atoms with Crippen LogP contribution in [0.1, 0.15) is 19.8 Å². The van der Waals surface area contributed by atoms with Gasteiger partial charge in [-0.3, -0.25) is 9.05 Å².